The lowest BCUT2D eigenvalue weighted by Crippen LogP contribution is -2.46. The van der Waals surface area contributed by atoms with Crippen LogP contribution in [0.2, 0.25) is 0 Å². The average molecular weight is 315 g/mol. The minimum atomic E-state index is -0.880. The third kappa shape index (κ3) is 6.43. The van der Waals surface area contributed by atoms with Crippen LogP contribution in [-0.4, -0.2) is 49.3 Å². The van der Waals surface area contributed by atoms with Gasteiger partial charge < -0.3 is 19.5 Å². The van der Waals surface area contributed by atoms with E-state index < -0.39 is 29.7 Å². The highest BCUT2D eigenvalue weighted by Gasteiger charge is 2.29. The number of carbonyl (C=O) groups excluding carboxylic acids is 3. The van der Waals surface area contributed by atoms with Gasteiger partial charge in [-0.25, -0.2) is 4.79 Å². The molecule has 22 heavy (non-hydrogen) atoms. The Morgan fingerprint density at radius 3 is 2.50 bits per heavy atom. The Bertz CT molecular complexity index is 409. The van der Waals surface area contributed by atoms with Crippen LogP contribution in [0.3, 0.4) is 0 Å². The molecule has 0 aromatic rings. The Morgan fingerprint density at radius 2 is 2.00 bits per heavy atom. The van der Waals surface area contributed by atoms with Gasteiger partial charge >= 0.3 is 11.9 Å². The molecule has 0 radical (unpaired) electrons. The predicted octanol–water partition coefficient (Wildman–Crippen LogP) is 0.945. The summed E-state index contributed by atoms with van der Waals surface area (Å²) >= 11 is 0. The quantitative estimate of drug-likeness (QED) is 0.734. The van der Waals surface area contributed by atoms with E-state index in [1.54, 1.807) is 20.8 Å². The van der Waals surface area contributed by atoms with Crippen LogP contribution < -0.4 is 5.32 Å². The number of esters is 2. The Morgan fingerprint density at radius 1 is 1.32 bits per heavy atom. The molecule has 1 rings (SSSR count). The molecule has 2 atom stereocenters. The van der Waals surface area contributed by atoms with Gasteiger partial charge in [-0.3, -0.25) is 9.59 Å². The number of ether oxygens (including phenoxy) is 3. The first-order valence-corrected chi connectivity index (χ1v) is 7.44. The summed E-state index contributed by atoms with van der Waals surface area (Å²) in [5.74, 6) is -1.36. The molecule has 0 unspecified atom stereocenters. The third-order valence-corrected chi connectivity index (χ3v) is 3.08. The lowest BCUT2D eigenvalue weighted by Gasteiger charge is -2.21. The zero-order valence-corrected chi connectivity index (χ0v) is 13.6. The SMILES string of the molecule is COC(=O)[C@H](CCC(=O)OC(C)(C)C)NC(=O)[C@@H]1CCCO1. The first-order valence-electron chi connectivity index (χ1n) is 7.44. The van der Waals surface area contributed by atoms with Crippen LogP contribution in [0.25, 0.3) is 0 Å². The Hall–Kier alpha value is -1.63. The summed E-state index contributed by atoms with van der Waals surface area (Å²) in [6, 6.07) is -0.880. The molecular weight excluding hydrogens is 290 g/mol. The Balaban J connectivity index is 2.52. The number of rotatable bonds is 6. The highest BCUT2D eigenvalue weighted by molar-refractivity contribution is 5.87. The summed E-state index contributed by atoms with van der Waals surface area (Å²) in [7, 11) is 1.24. The summed E-state index contributed by atoms with van der Waals surface area (Å²) in [6.45, 7) is 5.84. The van der Waals surface area contributed by atoms with Crippen molar-refractivity contribution in [1.29, 1.82) is 0 Å². The van der Waals surface area contributed by atoms with Gasteiger partial charge in [0.25, 0.3) is 0 Å². The second-order valence-electron chi connectivity index (χ2n) is 6.21. The highest BCUT2D eigenvalue weighted by atomic mass is 16.6. The maximum absolute atomic E-state index is 12.0. The molecule has 1 fully saturated rings. The topological polar surface area (TPSA) is 90.9 Å². The molecule has 1 heterocycles. The monoisotopic (exact) mass is 315 g/mol. The van der Waals surface area contributed by atoms with E-state index in [0.717, 1.165) is 6.42 Å². The van der Waals surface area contributed by atoms with Crippen LogP contribution in [-0.2, 0) is 28.6 Å². The minimum absolute atomic E-state index is 0.0167. The van der Waals surface area contributed by atoms with Crippen LogP contribution in [0.4, 0.5) is 0 Å². The van der Waals surface area contributed by atoms with E-state index in [0.29, 0.717) is 13.0 Å². The molecule has 1 N–H and O–H groups in total. The molecule has 1 aliphatic heterocycles. The Kier molecular flexibility index (Phi) is 6.80. The van der Waals surface area contributed by atoms with E-state index in [1.165, 1.54) is 7.11 Å². The average Bonchev–Trinajstić information content (AvgIpc) is 2.94. The molecule has 7 heteroatoms. The summed E-state index contributed by atoms with van der Waals surface area (Å²) in [6.07, 6.45) is 1.06. The maximum Gasteiger partial charge on any atom is 0.328 e. The number of amides is 1. The molecule has 0 spiro atoms. The predicted molar refractivity (Wildman–Crippen MR) is 78.0 cm³/mol. The second kappa shape index (κ2) is 8.12. The van der Waals surface area contributed by atoms with Crippen LogP contribution in [0, 0.1) is 0 Å². The largest absolute Gasteiger partial charge is 0.467 e. The van der Waals surface area contributed by atoms with E-state index in [1.807, 2.05) is 0 Å². The van der Waals surface area contributed by atoms with Gasteiger partial charge in [0.05, 0.1) is 7.11 Å². The fraction of sp³-hybridized carbons (Fsp3) is 0.800. The number of carbonyl (C=O) groups is 3. The molecule has 0 saturated carbocycles. The lowest BCUT2D eigenvalue weighted by atomic mass is 10.1. The number of hydrogen-bond acceptors (Lipinski definition) is 6. The molecule has 1 amide bonds. The van der Waals surface area contributed by atoms with Gasteiger partial charge in [0.15, 0.2) is 0 Å². The van der Waals surface area contributed by atoms with Crippen molar-refractivity contribution in [2.75, 3.05) is 13.7 Å². The van der Waals surface area contributed by atoms with Crippen LogP contribution in [0.15, 0.2) is 0 Å². The smallest absolute Gasteiger partial charge is 0.328 e. The third-order valence-electron chi connectivity index (χ3n) is 3.08. The Labute approximate surface area is 130 Å². The summed E-state index contributed by atoms with van der Waals surface area (Å²) < 4.78 is 15.1. The molecule has 0 aromatic carbocycles. The number of nitrogens with one attached hydrogen (secondary N) is 1. The lowest BCUT2D eigenvalue weighted by molar-refractivity contribution is -0.155. The standard InChI is InChI=1S/C15H25NO6/c1-15(2,3)22-12(17)8-7-10(14(19)20-4)16-13(18)11-6-5-9-21-11/h10-11H,5-9H2,1-4H3,(H,16,18)/t10-,11-/m0/s1. The van der Waals surface area contributed by atoms with Gasteiger partial charge in [0.2, 0.25) is 5.91 Å². The molecule has 0 aromatic heterocycles. The van der Waals surface area contributed by atoms with Crippen LogP contribution >= 0.6 is 0 Å². The van der Waals surface area contributed by atoms with Crippen LogP contribution in [0.5, 0.6) is 0 Å². The molecule has 1 saturated heterocycles. The van der Waals surface area contributed by atoms with Gasteiger partial charge in [0, 0.05) is 13.0 Å². The zero-order valence-electron chi connectivity index (χ0n) is 13.6. The van der Waals surface area contributed by atoms with Gasteiger partial charge in [0.1, 0.15) is 17.7 Å². The van der Waals surface area contributed by atoms with Gasteiger partial charge in [-0.2, -0.15) is 0 Å². The van der Waals surface area contributed by atoms with Crippen molar-refractivity contribution in [3.63, 3.8) is 0 Å². The van der Waals surface area contributed by atoms with E-state index >= 15 is 0 Å². The van der Waals surface area contributed by atoms with Crippen molar-refractivity contribution in [1.82, 2.24) is 5.32 Å². The van der Waals surface area contributed by atoms with E-state index in [4.69, 9.17) is 9.47 Å². The molecule has 7 nitrogen and oxygen atoms in total. The molecule has 0 bridgehead atoms. The molecule has 1 aliphatic rings. The molecular formula is C15H25NO6. The minimum Gasteiger partial charge on any atom is -0.467 e. The number of hydrogen-bond donors (Lipinski definition) is 1. The maximum atomic E-state index is 12.0. The second-order valence-corrected chi connectivity index (χ2v) is 6.21. The fourth-order valence-electron chi connectivity index (χ4n) is 2.10. The van der Waals surface area contributed by atoms with Gasteiger partial charge in [-0.1, -0.05) is 0 Å². The first-order chi connectivity index (χ1) is 10.2. The van der Waals surface area contributed by atoms with Crippen molar-refractivity contribution in [2.24, 2.45) is 0 Å². The first kappa shape index (κ1) is 18.4. The number of methoxy groups -OCH3 is 1. The van der Waals surface area contributed by atoms with E-state index in [9.17, 15) is 14.4 Å². The van der Waals surface area contributed by atoms with Crippen LogP contribution in [0.1, 0.15) is 46.5 Å². The van der Waals surface area contributed by atoms with Crippen molar-refractivity contribution >= 4 is 17.8 Å². The molecule has 126 valence electrons. The van der Waals surface area contributed by atoms with Crippen molar-refractivity contribution in [3.8, 4) is 0 Å². The van der Waals surface area contributed by atoms with Crippen molar-refractivity contribution < 1.29 is 28.6 Å². The summed E-state index contributed by atoms with van der Waals surface area (Å²) in [4.78, 5) is 35.4. The zero-order chi connectivity index (χ0) is 16.8. The summed E-state index contributed by atoms with van der Waals surface area (Å²) in [5.41, 5.74) is -0.585. The van der Waals surface area contributed by atoms with Gasteiger partial charge in [-0.15, -0.1) is 0 Å². The molecule has 0 aliphatic carbocycles. The summed E-state index contributed by atoms with van der Waals surface area (Å²) in [5, 5.41) is 2.58. The highest BCUT2D eigenvalue weighted by Crippen LogP contribution is 2.14. The fourth-order valence-corrected chi connectivity index (χ4v) is 2.10. The van der Waals surface area contributed by atoms with Gasteiger partial charge in [-0.05, 0) is 40.0 Å². The van der Waals surface area contributed by atoms with Crippen molar-refractivity contribution in [3.05, 3.63) is 0 Å². The van der Waals surface area contributed by atoms with E-state index in [-0.39, 0.29) is 18.7 Å². The van der Waals surface area contributed by atoms with Crippen molar-refractivity contribution in [2.45, 2.75) is 64.2 Å². The normalized spacial score (nSPS) is 19.4. The van der Waals surface area contributed by atoms with E-state index in [2.05, 4.69) is 10.1 Å².